The van der Waals surface area contributed by atoms with E-state index in [0.29, 0.717) is 12.3 Å². The topological polar surface area (TPSA) is 35.5 Å². The smallest absolute Gasteiger partial charge is 0.315 e. The molecular weight excluding hydrogens is 264 g/mol. The van der Waals surface area contributed by atoms with Crippen molar-refractivity contribution in [2.75, 3.05) is 6.61 Å². The maximum absolute atomic E-state index is 12.1. The van der Waals surface area contributed by atoms with Crippen LogP contribution in [0.5, 0.6) is 0 Å². The summed E-state index contributed by atoms with van der Waals surface area (Å²) in [5.41, 5.74) is 0. The Morgan fingerprint density at radius 2 is 2.14 bits per heavy atom. The summed E-state index contributed by atoms with van der Waals surface area (Å²) in [6.45, 7) is 8.54. The second-order valence-electron chi connectivity index (χ2n) is 6.67. The number of ether oxygens (including phenoxy) is 2. The lowest BCUT2D eigenvalue weighted by Gasteiger charge is -2.25. The molecule has 0 saturated heterocycles. The maximum Gasteiger partial charge on any atom is 0.315 e. The molecule has 0 spiro atoms. The average molecular weight is 294 g/mol. The van der Waals surface area contributed by atoms with Gasteiger partial charge >= 0.3 is 5.97 Å². The summed E-state index contributed by atoms with van der Waals surface area (Å²) in [6.07, 6.45) is 9.22. The fraction of sp³-hybridized carbons (Fsp3) is 0.833. The van der Waals surface area contributed by atoms with Gasteiger partial charge in [0.1, 0.15) is 0 Å². The van der Waals surface area contributed by atoms with Crippen LogP contribution < -0.4 is 0 Å². The molecule has 2 rings (SSSR count). The number of hydrogen-bond donors (Lipinski definition) is 0. The van der Waals surface area contributed by atoms with Gasteiger partial charge in [-0.25, -0.2) is 0 Å². The van der Waals surface area contributed by atoms with Crippen LogP contribution in [0.4, 0.5) is 0 Å². The van der Waals surface area contributed by atoms with Crippen molar-refractivity contribution in [2.24, 2.45) is 23.7 Å². The minimum atomic E-state index is -0.393. The van der Waals surface area contributed by atoms with E-state index in [2.05, 4.69) is 13.5 Å². The van der Waals surface area contributed by atoms with E-state index < -0.39 is 6.29 Å². The van der Waals surface area contributed by atoms with E-state index in [4.69, 9.17) is 9.47 Å². The first-order valence-corrected chi connectivity index (χ1v) is 8.62. The molecule has 2 aliphatic carbocycles. The summed E-state index contributed by atoms with van der Waals surface area (Å²) in [5, 5.41) is 0. The van der Waals surface area contributed by atoms with Gasteiger partial charge in [0.25, 0.3) is 0 Å². The highest BCUT2D eigenvalue weighted by molar-refractivity contribution is 5.74. The Morgan fingerprint density at radius 1 is 1.33 bits per heavy atom. The Balaban J connectivity index is 1.74. The SMILES string of the molecule is C=CC(CCC)C(=O)OC(CC)OCC1CC2CCC1C2. The number of carbonyl (C=O) groups is 1. The van der Waals surface area contributed by atoms with Crippen molar-refractivity contribution in [2.45, 2.75) is 65.1 Å². The molecule has 2 aliphatic rings. The molecule has 0 aromatic carbocycles. The summed E-state index contributed by atoms with van der Waals surface area (Å²) >= 11 is 0. The van der Waals surface area contributed by atoms with Crippen LogP contribution in [0.2, 0.25) is 0 Å². The minimum Gasteiger partial charge on any atom is -0.435 e. The highest BCUT2D eigenvalue weighted by Crippen LogP contribution is 2.48. The van der Waals surface area contributed by atoms with Crippen molar-refractivity contribution in [3.63, 3.8) is 0 Å². The summed E-state index contributed by atoms with van der Waals surface area (Å²) < 4.78 is 11.4. The van der Waals surface area contributed by atoms with E-state index in [0.717, 1.165) is 31.3 Å². The highest BCUT2D eigenvalue weighted by Gasteiger charge is 2.39. The van der Waals surface area contributed by atoms with Gasteiger partial charge in [-0.1, -0.05) is 32.8 Å². The van der Waals surface area contributed by atoms with Gasteiger partial charge in [0.15, 0.2) is 0 Å². The standard InChI is InChI=1S/C18H30O3/c1-4-7-14(5-2)18(19)21-17(6-3)20-12-16-11-13-8-9-15(16)10-13/h5,13-17H,2,4,6-12H2,1,3H3. The molecule has 3 nitrogen and oxygen atoms in total. The molecule has 0 radical (unpaired) electrons. The lowest BCUT2D eigenvalue weighted by atomic mass is 9.89. The largest absolute Gasteiger partial charge is 0.435 e. The molecule has 0 aromatic rings. The van der Waals surface area contributed by atoms with Gasteiger partial charge in [-0.2, -0.15) is 0 Å². The van der Waals surface area contributed by atoms with Gasteiger partial charge in [0.2, 0.25) is 6.29 Å². The number of hydrogen-bond acceptors (Lipinski definition) is 3. The molecular formula is C18H30O3. The van der Waals surface area contributed by atoms with E-state index in [9.17, 15) is 4.79 Å². The van der Waals surface area contributed by atoms with Crippen LogP contribution in [0, 0.1) is 23.7 Å². The van der Waals surface area contributed by atoms with Gasteiger partial charge in [-0.15, -0.1) is 6.58 Å². The van der Waals surface area contributed by atoms with Gasteiger partial charge in [-0.05, 0) is 43.4 Å². The second-order valence-corrected chi connectivity index (χ2v) is 6.67. The lowest BCUT2D eigenvalue weighted by molar-refractivity contribution is -0.186. The third kappa shape index (κ3) is 4.32. The van der Waals surface area contributed by atoms with Crippen LogP contribution in [-0.4, -0.2) is 18.9 Å². The van der Waals surface area contributed by atoms with E-state index >= 15 is 0 Å². The summed E-state index contributed by atoms with van der Waals surface area (Å²) in [6, 6.07) is 0. The Bertz CT molecular complexity index is 352. The van der Waals surface area contributed by atoms with Gasteiger partial charge < -0.3 is 9.47 Å². The van der Waals surface area contributed by atoms with Crippen molar-refractivity contribution in [3.05, 3.63) is 12.7 Å². The fourth-order valence-electron chi connectivity index (χ4n) is 3.91. The first-order chi connectivity index (χ1) is 10.2. The number of esters is 1. The zero-order valence-corrected chi connectivity index (χ0v) is 13.6. The minimum absolute atomic E-state index is 0.188. The van der Waals surface area contributed by atoms with Crippen molar-refractivity contribution in [1.29, 1.82) is 0 Å². The third-order valence-corrected chi connectivity index (χ3v) is 5.15. The molecule has 0 aromatic heterocycles. The first kappa shape index (κ1) is 16.5. The fourth-order valence-corrected chi connectivity index (χ4v) is 3.91. The Morgan fingerprint density at radius 3 is 2.67 bits per heavy atom. The molecule has 0 amide bonds. The van der Waals surface area contributed by atoms with Crippen LogP contribution in [0.15, 0.2) is 12.7 Å². The molecule has 5 atom stereocenters. The van der Waals surface area contributed by atoms with Crippen LogP contribution in [-0.2, 0) is 14.3 Å². The van der Waals surface area contributed by atoms with Gasteiger partial charge in [0.05, 0.1) is 12.5 Å². The van der Waals surface area contributed by atoms with Gasteiger partial charge in [-0.3, -0.25) is 4.79 Å². The van der Waals surface area contributed by atoms with E-state index in [-0.39, 0.29) is 11.9 Å². The third-order valence-electron chi connectivity index (χ3n) is 5.15. The van der Waals surface area contributed by atoms with Crippen molar-refractivity contribution < 1.29 is 14.3 Å². The molecule has 120 valence electrons. The highest BCUT2D eigenvalue weighted by atomic mass is 16.7. The van der Waals surface area contributed by atoms with Crippen molar-refractivity contribution in [1.82, 2.24) is 0 Å². The molecule has 21 heavy (non-hydrogen) atoms. The molecule has 0 heterocycles. The van der Waals surface area contributed by atoms with Gasteiger partial charge in [0, 0.05) is 6.42 Å². The molecule has 5 unspecified atom stereocenters. The molecule has 2 fully saturated rings. The van der Waals surface area contributed by atoms with Crippen LogP contribution in [0.25, 0.3) is 0 Å². The summed E-state index contributed by atoms with van der Waals surface area (Å²) in [5.74, 6) is 2.08. The normalized spacial score (nSPS) is 30.1. The second kappa shape index (κ2) is 7.98. The van der Waals surface area contributed by atoms with Crippen molar-refractivity contribution >= 4 is 5.97 Å². The predicted octanol–water partition coefficient (Wildman–Crippen LogP) is 4.32. The first-order valence-electron chi connectivity index (χ1n) is 8.62. The molecule has 0 aliphatic heterocycles. The summed E-state index contributed by atoms with van der Waals surface area (Å²) in [7, 11) is 0. The van der Waals surface area contributed by atoms with Crippen molar-refractivity contribution in [3.8, 4) is 0 Å². The van der Waals surface area contributed by atoms with E-state index in [1.54, 1.807) is 6.08 Å². The van der Waals surface area contributed by atoms with Crippen LogP contribution in [0.3, 0.4) is 0 Å². The lowest BCUT2D eigenvalue weighted by Crippen LogP contribution is -2.28. The summed E-state index contributed by atoms with van der Waals surface area (Å²) in [4.78, 5) is 12.1. The molecule has 2 saturated carbocycles. The molecule has 0 N–H and O–H groups in total. The average Bonchev–Trinajstić information content (AvgIpc) is 3.11. The Labute approximate surface area is 129 Å². The van der Waals surface area contributed by atoms with Crippen LogP contribution >= 0.6 is 0 Å². The predicted molar refractivity (Wildman–Crippen MR) is 83.7 cm³/mol. The zero-order chi connectivity index (χ0) is 15.2. The number of fused-ring (bicyclic) bond motifs is 2. The monoisotopic (exact) mass is 294 g/mol. The Kier molecular flexibility index (Phi) is 6.28. The van der Waals surface area contributed by atoms with Crippen LogP contribution in [0.1, 0.15) is 58.8 Å². The maximum atomic E-state index is 12.1. The quantitative estimate of drug-likeness (QED) is 0.361. The van der Waals surface area contributed by atoms with E-state index in [1.807, 2.05) is 6.92 Å². The molecule has 3 heteroatoms. The number of carbonyl (C=O) groups excluding carboxylic acids is 1. The zero-order valence-electron chi connectivity index (χ0n) is 13.6. The van der Waals surface area contributed by atoms with E-state index in [1.165, 1.54) is 25.7 Å². The Hall–Kier alpha value is -0.830. The molecule has 2 bridgehead atoms. The number of rotatable bonds is 9.